The predicted octanol–water partition coefficient (Wildman–Crippen LogP) is 12.7. The first-order valence-corrected chi connectivity index (χ1v) is 23.7. The van der Waals surface area contributed by atoms with Gasteiger partial charge in [0.2, 0.25) is 0 Å². The maximum absolute atomic E-state index is 12.6. The number of hydrogen-bond donors (Lipinski definition) is 2. The van der Waals surface area contributed by atoms with Crippen LogP contribution in [-0.4, -0.2) is 49.3 Å². The number of unbranched alkanes of at least 4 members (excludes halogenated alkanes) is 23. The van der Waals surface area contributed by atoms with Gasteiger partial charge in [-0.25, -0.2) is 9.36 Å². The van der Waals surface area contributed by atoms with Crippen LogP contribution in [0.4, 0.5) is 0 Å². The highest BCUT2D eigenvalue weighted by Crippen LogP contribution is 2.43. The van der Waals surface area contributed by atoms with Crippen LogP contribution < -0.4 is 5.73 Å². The predicted molar refractivity (Wildman–Crippen MR) is 229 cm³/mol. The molecule has 0 radical (unpaired) electrons. The van der Waals surface area contributed by atoms with Gasteiger partial charge in [-0.05, 0) is 51.4 Å². The molecular weight excluding hydrogens is 713 g/mol. The van der Waals surface area contributed by atoms with Crippen molar-refractivity contribution in [2.45, 2.75) is 200 Å². The highest BCUT2D eigenvalue weighted by molar-refractivity contribution is 7.47. The van der Waals surface area contributed by atoms with Crippen LogP contribution in [0.5, 0.6) is 0 Å². The van der Waals surface area contributed by atoms with Crippen LogP contribution in [0.1, 0.15) is 194 Å². The molecule has 0 heterocycles. The van der Waals surface area contributed by atoms with Crippen LogP contribution >= 0.6 is 7.82 Å². The van der Waals surface area contributed by atoms with E-state index in [4.69, 9.17) is 24.3 Å². The molecule has 2 atom stereocenters. The van der Waals surface area contributed by atoms with Gasteiger partial charge in [0, 0.05) is 19.0 Å². The Kier molecular flexibility index (Phi) is 40.1. The van der Waals surface area contributed by atoms with Gasteiger partial charge in [0.1, 0.15) is 6.61 Å². The zero-order chi connectivity index (χ0) is 40.3. The summed E-state index contributed by atoms with van der Waals surface area (Å²) in [5.41, 5.74) is 5.34. The van der Waals surface area contributed by atoms with Gasteiger partial charge in [-0.3, -0.25) is 13.8 Å². The van der Waals surface area contributed by atoms with E-state index in [9.17, 15) is 19.0 Å². The Balaban J connectivity index is 4.22. The first kappa shape index (κ1) is 53.0. The number of allylic oxidation sites excluding steroid dienone is 7. The number of hydrogen-bond acceptors (Lipinski definition) is 8. The van der Waals surface area contributed by atoms with Crippen LogP contribution in [0.15, 0.2) is 48.6 Å². The zero-order valence-electron chi connectivity index (χ0n) is 35.2. The molecule has 55 heavy (non-hydrogen) atoms. The summed E-state index contributed by atoms with van der Waals surface area (Å²) in [6, 6.07) is 0. The minimum Gasteiger partial charge on any atom is -0.458 e. The van der Waals surface area contributed by atoms with Gasteiger partial charge in [-0.1, -0.05) is 178 Å². The third kappa shape index (κ3) is 41.4. The lowest BCUT2D eigenvalue weighted by Gasteiger charge is -2.19. The Morgan fingerprint density at radius 2 is 1.07 bits per heavy atom. The number of rotatable bonds is 41. The third-order valence-electron chi connectivity index (χ3n) is 9.29. The first-order valence-electron chi connectivity index (χ1n) is 22.2. The van der Waals surface area contributed by atoms with Gasteiger partial charge in [-0.15, -0.1) is 0 Å². The van der Waals surface area contributed by atoms with Crippen LogP contribution in [0.3, 0.4) is 0 Å². The second-order valence-electron chi connectivity index (χ2n) is 14.6. The molecule has 9 nitrogen and oxygen atoms in total. The lowest BCUT2D eigenvalue weighted by molar-refractivity contribution is -0.159. The molecule has 0 aromatic heterocycles. The van der Waals surface area contributed by atoms with Crippen molar-refractivity contribution in [2.75, 3.05) is 26.4 Å². The van der Waals surface area contributed by atoms with Gasteiger partial charge in [-0.2, -0.15) is 0 Å². The summed E-state index contributed by atoms with van der Waals surface area (Å²) in [6.07, 6.45) is 47.7. The number of carbonyl (C=O) groups excluding carboxylic acids is 2. The zero-order valence-corrected chi connectivity index (χ0v) is 36.0. The number of carbonyl (C=O) groups is 2. The van der Waals surface area contributed by atoms with Gasteiger partial charge in [0.25, 0.3) is 0 Å². The molecular formula is C45H82NO8P. The summed E-state index contributed by atoms with van der Waals surface area (Å²) < 4.78 is 32.6. The minimum absolute atomic E-state index is 0.0413. The molecule has 0 saturated heterocycles. The molecule has 0 rings (SSSR count). The second kappa shape index (κ2) is 41.6. The van der Waals surface area contributed by atoms with Crippen LogP contribution in [-0.2, 0) is 32.7 Å². The molecule has 0 bridgehead atoms. The molecule has 0 aromatic carbocycles. The second-order valence-corrected chi connectivity index (χ2v) is 16.1. The highest BCUT2D eigenvalue weighted by atomic mass is 31.2. The van der Waals surface area contributed by atoms with Crippen molar-refractivity contribution < 1.29 is 37.6 Å². The molecule has 0 aromatic rings. The van der Waals surface area contributed by atoms with E-state index in [2.05, 4.69) is 38.2 Å². The van der Waals surface area contributed by atoms with Crippen molar-refractivity contribution in [3.63, 3.8) is 0 Å². The number of ether oxygens (including phenoxy) is 2. The quantitative estimate of drug-likeness (QED) is 0.0155. The SMILES string of the molecule is CCCCC/C=C/C/C=C/CCCCCCCCCCCC(=O)O[C@H](COC(=O)/C=C/C=C/CCCCCCCCCCCCC)COP(=O)(O)OCCN. The summed E-state index contributed by atoms with van der Waals surface area (Å²) in [5, 5.41) is 0. The lowest BCUT2D eigenvalue weighted by atomic mass is 10.1. The number of esters is 2. The van der Waals surface area contributed by atoms with E-state index in [0.717, 1.165) is 44.9 Å². The Morgan fingerprint density at radius 1 is 0.600 bits per heavy atom. The van der Waals surface area contributed by atoms with Crippen molar-refractivity contribution in [1.29, 1.82) is 0 Å². The standard InChI is InChI=1S/C45H82NO8P/c1-3-5-7-9-11-13-15-17-19-20-21-22-24-26-28-30-32-34-36-38-45(48)54-43(42-53-55(49,50)52-40-39-46)41-51-44(47)37-35-33-31-29-27-25-23-18-16-14-12-10-8-6-4-2/h11,13,17,19,31,33,35,37,43H,3-10,12,14-16,18,20-30,32,34,36,38-42,46H2,1-2H3,(H,49,50)/b13-11+,19-17+,33-31+,37-35+/t43-/m1/s1. The van der Waals surface area contributed by atoms with Gasteiger partial charge in [0.15, 0.2) is 6.10 Å². The Morgan fingerprint density at radius 3 is 1.62 bits per heavy atom. The average Bonchev–Trinajstić information content (AvgIpc) is 3.17. The molecule has 1 unspecified atom stereocenters. The van der Waals surface area contributed by atoms with Crippen molar-refractivity contribution in [3.05, 3.63) is 48.6 Å². The lowest BCUT2D eigenvalue weighted by Crippen LogP contribution is -2.29. The summed E-state index contributed by atoms with van der Waals surface area (Å²) in [4.78, 5) is 34.7. The fraction of sp³-hybridized carbons (Fsp3) is 0.778. The van der Waals surface area contributed by atoms with E-state index in [-0.39, 0.29) is 26.2 Å². The first-order chi connectivity index (χ1) is 26.8. The van der Waals surface area contributed by atoms with Crippen molar-refractivity contribution in [1.82, 2.24) is 0 Å². The maximum atomic E-state index is 12.6. The summed E-state index contributed by atoms with van der Waals surface area (Å²) in [5.74, 6) is -1.08. The topological polar surface area (TPSA) is 134 Å². The van der Waals surface area contributed by atoms with Crippen LogP contribution in [0, 0.1) is 0 Å². The largest absolute Gasteiger partial charge is 0.472 e. The van der Waals surface area contributed by atoms with Gasteiger partial charge in [0.05, 0.1) is 13.2 Å². The molecule has 0 aliphatic heterocycles. The molecule has 0 spiro atoms. The highest BCUT2D eigenvalue weighted by Gasteiger charge is 2.25. The van der Waals surface area contributed by atoms with Crippen molar-refractivity contribution in [3.8, 4) is 0 Å². The smallest absolute Gasteiger partial charge is 0.458 e. The monoisotopic (exact) mass is 796 g/mol. The number of phosphoric ester groups is 1. The molecule has 320 valence electrons. The maximum Gasteiger partial charge on any atom is 0.472 e. The molecule has 0 amide bonds. The van der Waals surface area contributed by atoms with E-state index < -0.39 is 32.5 Å². The van der Waals surface area contributed by atoms with Crippen LogP contribution in [0.2, 0.25) is 0 Å². The molecule has 3 N–H and O–H groups in total. The summed E-state index contributed by atoms with van der Waals surface area (Å²) in [7, 11) is -4.40. The normalized spacial score (nSPS) is 13.7. The molecule has 0 aliphatic carbocycles. The van der Waals surface area contributed by atoms with Crippen molar-refractivity contribution in [2.24, 2.45) is 5.73 Å². The minimum atomic E-state index is -4.40. The summed E-state index contributed by atoms with van der Waals surface area (Å²) in [6.45, 7) is 3.58. The van der Waals surface area contributed by atoms with E-state index in [1.807, 2.05) is 12.2 Å². The Hall–Kier alpha value is -2.03. The molecule has 0 aliphatic rings. The molecule has 0 saturated carbocycles. The number of nitrogens with two attached hydrogens (primary N) is 1. The van der Waals surface area contributed by atoms with Crippen LogP contribution in [0.25, 0.3) is 0 Å². The van der Waals surface area contributed by atoms with E-state index >= 15 is 0 Å². The molecule has 0 fully saturated rings. The number of phosphoric acid groups is 1. The molecule has 10 heteroatoms. The summed E-state index contributed by atoms with van der Waals surface area (Å²) >= 11 is 0. The van der Waals surface area contributed by atoms with Gasteiger partial charge >= 0.3 is 19.8 Å². The Labute approximate surface area is 336 Å². The fourth-order valence-corrected chi connectivity index (χ4v) is 6.76. The van der Waals surface area contributed by atoms with E-state index in [0.29, 0.717) is 6.42 Å². The van der Waals surface area contributed by atoms with Gasteiger partial charge < -0.3 is 20.1 Å². The Bertz CT molecular complexity index is 1040. The fourth-order valence-electron chi connectivity index (χ4n) is 5.99. The van der Waals surface area contributed by atoms with E-state index in [1.165, 1.54) is 128 Å². The van der Waals surface area contributed by atoms with E-state index in [1.54, 1.807) is 6.08 Å². The third-order valence-corrected chi connectivity index (χ3v) is 10.3. The van der Waals surface area contributed by atoms with Crippen molar-refractivity contribution >= 4 is 19.8 Å². The average molecular weight is 796 g/mol.